The number of rotatable bonds is 0. The number of hydrogen-bond donors (Lipinski definition) is 0. The van der Waals surface area contributed by atoms with Crippen molar-refractivity contribution in [1.29, 1.82) is 0 Å². The second-order valence-corrected chi connectivity index (χ2v) is 3.93. The number of imidazole rings is 1. The molecule has 0 fully saturated rings. The van der Waals surface area contributed by atoms with Gasteiger partial charge >= 0.3 is 0 Å². The van der Waals surface area contributed by atoms with Gasteiger partial charge in [-0.05, 0) is 18.1 Å². The average Bonchev–Trinajstić information content (AvgIpc) is 2.48. The molecule has 0 aliphatic heterocycles. The highest BCUT2D eigenvalue weighted by Gasteiger charge is 1.95. The maximum atomic E-state index is 4.14. The molecule has 0 aliphatic rings. The van der Waals surface area contributed by atoms with E-state index in [-0.39, 0.29) is 0 Å². The summed E-state index contributed by atoms with van der Waals surface area (Å²) in [6.45, 7) is 6.50. The fourth-order valence-electron chi connectivity index (χ4n) is 0.964. The van der Waals surface area contributed by atoms with Crippen LogP contribution in [0.2, 0.25) is 0 Å². The van der Waals surface area contributed by atoms with E-state index in [4.69, 9.17) is 0 Å². The molecule has 3 nitrogen and oxygen atoms in total. The second kappa shape index (κ2) is 4.74. The normalized spacial score (nSPS) is 10.1. The molecule has 2 aromatic rings. The predicted octanol–water partition coefficient (Wildman–Crippen LogP) is 2.63. The van der Waals surface area contributed by atoms with Crippen LogP contribution in [0.1, 0.15) is 20.8 Å². The van der Waals surface area contributed by atoms with Crippen molar-refractivity contribution < 1.29 is 0 Å². The van der Waals surface area contributed by atoms with Crippen LogP contribution in [0.15, 0.2) is 24.7 Å². The van der Waals surface area contributed by atoms with Gasteiger partial charge in [0.15, 0.2) is 5.65 Å². The second-order valence-electron chi connectivity index (χ2n) is 3.93. The Kier molecular flexibility index (Phi) is 3.63. The summed E-state index contributed by atoms with van der Waals surface area (Å²) in [5, 5.41) is 0. The van der Waals surface area contributed by atoms with E-state index in [2.05, 4.69) is 30.7 Å². The summed E-state index contributed by atoms with van der Waals surface area (Å²) in [6.07, 6.45) is 3.53. The molecule has 0 bridgehead atoms. The van der Waals surface area contributed by atoms with Crippen LogP contribution < -0.4 is 0 Å². The van der Waals surface area contributed by atoms with E-state index < -0.39 is 0 Å². The van der Waals surface area contributed by atoms with Crippen molar-refractivity contribution in [2.45, 2.75) is 20.8 Å². The zero-order chi connectivity index (χ0) is 10.6. The van der Waals surface area contributed by atoms with Crippen molar-refractivity contribution in [3.63, 3.8) is 0 Å². The molecule has 14 heavy (non-hydrogen) atoms. The number of aryl methyl sites for hydroxylation is 1. The Morgan fingerprint density at radius 3 is 2.43 bits per heavy atom. The van der Waals surface area contributed by atoms with Gasteiger partial charge in [0, 0.05) is 13.2 Å². The van der Waals surface area contributed by atoms with Crippen LogP contribution in [0.25, 0.3) is 11.2 Å². The van der Waals surface area contributed by atoms with Gasteiger partial charge in [0.05, 0.1) is 6.33 Å². The van der Waals surface area contributed by atoms with Gasteiger partial charge in [0.1, 0.15) is 5.52 Å². The molecular weight excluding hydrogens is 174 g/mol. The number of fused-ring (bicyclic) bond motifs is 1. The first-order chi connectivity index (χ1) is 6.61. The largest absolute Gasteiger partial charge is 0.318 e. The van der Waals surface area contributed by atoms with Gasteiger partial charge in [-0.15, -0.1) is 0 Å². The summed E-state index contributed by atoms with van der Waals surface area (Å²) < 4.78 is 1.90. The van der Waals surface area contributed by atoms with Crippen LogP contribution in [0.3, 0.4) is 0 Å². The SMILES string of the molecule is CC(C)C.Cn1cnc2cccnc21. The number of aromatic nitrogens is 3. The monoisotopic (exact) mass is 191 g/mol. The Balaban J connectivity index is 0.000000213. The van der Waals surface area contributed by atoms with Crippen LogP contribution in [0.5, 0.6) is 0 Å². The first kappa shape index (κ1) is 10.7. The molecule has 2 heterocycles. The van der Waals surface area contributed by atoms with Gasteiger partial charge in [-0.1, -0.05) is 20.8 Å². The summed E-state index contributed by atoms with van der Waals surface area (Å²) in [5.74, 6) is 0.833. The molecule has 3 heteroatoms. The Hall–Kier alpha value is -1.38. The molecule has 0 aromatic carbocycles. The van der Waals surface area contributed by atoms with Gasteiger partial charge in [0.2, 0.25) is 0 Å². The molecule has 0 N–H and O–H groups in total. The first-order valence-electron chi connectivity index (χ1n) is 4.83. The van der Waals surface area contributed by atoms with Crippen molar-refractivity contribution >= 4 is 11.2 Å². The fourth-order valence-corrected chi connectivity index (χ4v) is 0.964. The maximum absolute atomic E-state index is 4.14. The molecule has 0 spiro atoms. The Morgan fingerprint density at radius 1 is 1.21 bits per heavy atom. The Labute approximate surface area is 84.8 Å². The molecular formula is C11H17N3. The fraction of sp³-hybridized carbons (Fsp3) is 0.455. The third kappa shape index (κ3) is 2.83. The molecule has 0 saturated carbocycles. The van der Waals surface area contributed by atoms with Crippen molar-refractivity contribution in [1.82, 2.24) is 14.5 Å². The highest BCUT2D eigenvalue weighted by molar-refractivity contribution is 5.69. The minimum atomic E-state index is 0.833. The smallest absolute Gasteiger partial charge is 0.159 e. The lowest BCUT2D eigenvalue weighted by Gasteiger charge is -1.88. The van der Waals surface area contributed by atoms with E-state index in [1.54, 1.807) is 12.5 Å². The van der Waals surface area contributed by atoms with E-state index in [9.17, 15) is 0 Å². The number of nitrogens with zero attached hydrogens (tertiary/aromatic N) is 3. The topological polar surface area (TPSA) is 30.7 Å². The lowest BCUT2D eigenvalue weighted by atomic mass is 10.3. The highest BCUT2D eigenvalue weighted by Crippen LogP contribution is 2.05. The van der Waals surface area contributed by atoms with E-state index >= 15 is 0 Å². The van der Waals surface area contributed by atoms with Crippen molar-refractivity contribution in [2.24, 2.45) is 13.0 Å². The van der Waals surface area contributed by atoms with Gasteiger partial charge in [-0.2, -0.15) is 0 Å². The van der Waals surface area contributed by atoms with Crippen molar-refractivity contribution in [3.8, 4) is 0 Å². The summed E-state index contributed by atoms with van der Waals surface area (Å²) in [6, 6.07) is 3.83. The van der Waals surface area contributed by atoms with E-state index in [1.165, 1.54) is 0 Å². The van der Waals surface area contributed by atoms with Crippen LogP contribution >= 0.6 is 0 Å². The Bertz CT molecular complexity index is 387. The van der Waals surface area contributed by atoms with E-state index in [0.29, 0.717) is 0 Å². The van der Waals surface area contributed by atoms with Crippen LogP contribution in [0.4, 0.5) is 0 Å². The zero-order valence-electron chi connectivity index (χ0n) is 9.23. The predicted molar refractivity (Wildman–Crippen MR) is 59.0 cm³/mol. The molecule has 0 atom stereocenters. The standard InChI is InChI=1S/C7H7N3.C4H10/c1-10-5-9-6-3-2-4-8-7(6)10;1-4(2)3/h2-5H,1H3;4H,1-3H3. The molecule has 0 unspecified atom stereocenters. The number of hydrogen-bond acceptors (Lipinski definition) is 2. The minimum Gasteiger partial charge on any atom is -0.318 e. The third-order valence-electron chi connectivity index (χ3n) is 1.47. The molecule has 0 amide bonds. The summed E-state index contributed by atoms with van der Waals surface area (Å²) in [4.78, 5) is 8.26. The average molecular weight is 191 g/mol. The van der Waals surface area contributed by atoms with Crippen molar-refractivity contribution in [2.75, 3.05) is 0 Å². The van der Waals surface area contributed by atoms with Gasteiger partial charge in [0.25, 0.3) is 0 Å². The summed E-state index contributed by atoms with van der Waals surface area (Å²) in [7, 11) is 1.93. The molecule has 2 aromatic heterocycles. The molecule has 0 radical (unpaired) electrons. The van der Waals surface area contributed by atoms with Crippen LogP contribution in [-0.4, -0.2) is 14.5 Å². The molecule has 0 aliphatic carbocycles. The third-order valence-corrected chi connectivity index (χ3v) is 1.47. The molecule has 76 valence electrons. The van der Waals surface area contributed by atoms with Gasteiger partial charge < -0.3 is 4.57 Å². The summed E-state index contributed by atoms with van der Waals surface area (Å²) >= 11 is 0. The minimum absolute atomic E-state index is 0.833. The first-order valence-corrected chi connectivity index (χ1v) is 4.83. The lowest BCUT2D eigenvalue weighted by Crippen LogP contribution is -1.85. The van der Waals surface area contributed by atoms with E-state index in [1.807, 2.05) is 23.7 Å². The van der Waals surface area contributed by atoms with Crippen LogP contribution in [0, 0.1) is 5.92 Å². The van der Waals surface area contributed by atoms with Crippen LogP contribution in [-0.2, 0) is 7.05 Å². The van der Waals surface area contributed by atoms with Gasteiger partial charge in [-0.3, -0.25) is 0 Å². The van der Waals surface area contributed by atoms with Crippen molar-refractivity contribution in [3.05, 3.63) is 24.7 Å². The number of pyridine rings is 1. The quantitative estimate of drug-likeness (QED) is 0.641. The van der Waals surface area contributed by atoms with E-state index in [0.717, 1.165) is 17.1 Å². The molecule has 2 rings (SSSR count). The Morgan fingerprint density at radius 2 is 1.86 bits per heavy atom. The highest BCUT2D eigenvalue weighted by atomic mass is 15.1. The maximum Gasteiger partial charge on any atom is 0.159 e. The molecule has 0 saturated heterocycles. The lowest BCUT2D eigenvalue weighted by molar-refractivity contribution is 0.737. The van der Waals surface area contributed by atoms with Gasteiger partial charge in [-0.25, -0.2) is 9.97 Å². The zero-order valence-corrected chi connectivity index (χ0v) is 9.23. The summed E-state index contributed by atoms with van der Waals surface area (Å²) in [5.41, 5.74) is 1.88.